The molecule has 2 heterocycles. The lowest BCUT2D eigenvalue weighted by molar-refractivity contribution is 0.0153. The molecule has 1 aliphatic heterocycles. The van der Waals surface area contributed by atoms with Crippen molar-refractivity contribution in [2.75, 3.05) is 12.3 Å². The Hall–Kier alpha value is -1.88. The van der Waals surface area contributed by atoms with E-state index >= 15 is 0 Å². The van der Waals surface area contributed by atoms with Gasteiger partial charge >= 0.3 is 0 Å². The molecule has 0 aliphatic carbocycles. The summed E-state index contributed by atoms with van der Waals surface area (Å²) in [5.41, 5.74) is 7.74. The Bertz CT molecular complexity index is 576. The summed E-state index contributed by atoms with van der Waals surface area (Å²) in [6, 6.07) is 7.89. The summed E-state index contributed by atoms with van der Waals surface area (Å²) < 4.78 is 11.0. The van der Waals surface area contributed by atoms with Gasteiger partial charge in [-0.1, -0.05) is 17.3 Å². The number of ether oxygens (including phenoxy) is 1. The third-order valence-electron chi connectivity index (χ3n) is 3.77. The van der Waals surface area contributed by atoms with Gasteiger partial charge in [0.1, 0.15) is 0 Å². The van der Waals surface area contributed by atoms with Crippen LogP contribution in [0.15, 0.2) is 28.8 Å². The number of aryl methyl sites for hydroxylation is 2. The fraction of sp³-hybridized carbons (Fsp3) is 0.500. The first kappa shape index (κ1) is 14.1. The molecule has 3 rings (SSSR count). The van der Waals surface area contributed by atoms with Crippen LogP contribution >= 0.6 is 0 Å². The molecule has 1 aromatic heterocycles. The molecule has 0 saturated carbocycles. The van der Waals surface area contributed by atoms with E-state index in [1.165, 1.54) is 12.0 Å². The lowest BCUT2D eigenvalue weighted by Gasteiger charge is -2.20. The summed E-state index contributed by atoms with van der Waals surface area (Å²) in [6.45, 7) is 0.852. The first-order valence-electron chi connectivity index (χ1n) is 7.57. The highest BCUT2D eigenvalue weighted by atomic mass is 16.5. The molecule has 1 saturated heterocycles. The fourth-order valence-corrected chi connectivity index (χ4v) is 2.65. The van der Waals surface area contributed by atoms with Crippen molar-refractivity contribution in [2.24, 2.45) is 0 Å². The second kappa shape index (κ2) is 6.72. The van der Waals surface area contributed by atoms with Crippen LogP contribution in [0.1, 0.15) is 36.5 Å². The molecule has 5 nitrogen and oxygen atoms in total. The molecule has 112 valence electrons. The van der Waals surface area contributed by atoms with Crippen LogP contribution in [-0.4, -0.2) is 22.9 Å². The molecule has 1 fully saturated rings. The van der Waals surface area contributed by atoms with Crippen LogP contribution in [0.2, 0.25) is 0 Å². The molecule has 1 aliphatic rings. The molecule has 5 heteroatoms. The standard InChI is InChI=1S/C16H21N3O2/c17-13-5-3-4-12(10-13)7-8-16-18-15(19-21-16)11-14-6-1-2-9-20-14/h3-5,10,14H,1-2,6-9,11,17H2. The molecule has 1 unspecified atom stereocenters. The van der Waals surface area contributed by atoms with Crippen LogP contribution in [0.4, 0.5) is 5.69 Å². The molecule has 2 N–H and O–H groups in total. The van der Waals surface area contributed by atoms with Crippen LogP contribution < -0.4 is 5.73 Å². The van der Waals surface area contributed by atoms with Crippen molar-refractivity contribution in [2.45, 2.75) is 44.6 Å². The molecule has 0 radical (unpaired) electrons. The van der Waals surface area contributed by atoms with Crippen LogP contribution in [0, 0.1) is 0 Å². The molecular weight excluding hydrogens is 266 g/mol. The predicted octanol–water partition coefficient (Wildman–Crippen LogP) is 2.55. The van der Waals surface area contributed by atoms with E-state index in [4.69, 9.17) is 15.0 Å². The average molecular weight is 287 g/mol. The Morgan fingerprint density at radius 1 is 1.24 bits per heavy atom. The van der Waals surface area contributed by atoms with E-state index in [1.807, 2.05) is 18.2 Å². The van der Waals surface area contributed by atoms with Gasteiger partial charge in [-0.15, -0.1) is 0 Å². The van der Waals surface area contributed by atoms with E-state index in [0.29, 0.717) is 5.89 Å². The Kier molecular flexibility index (Phi) is 4.50. The van der Waals surface area contributed by atoms with Crippen molar-refractivity contribution >= 4 is 5.69 Å². The van der Waals surface area contributed by atoms with E-state index in [0.717, 1.165) is 50.2 Å². The van der Waals surface area contributed by atoms with Gasteiger partial charge < -0.3 is 15.0 Å². The highest BCUT2D eigenvalue weighted by Gasteiger charge is 2.17. The third kappa shape index (κ3) is 4.04. The van der Waals surface area contributed by atoms with E-state index < -0.39 is 0 Å². The largest absolute Gasteiger partial charge is 0.399 e. The smallest absolute Gasteiger partial charge is 0.226 e. The van der Waals surface area contributed by atoms with Crippen molar-refractivity contribution in [3.8, 4) is 0 Å². The minimum atomic E-state index is 0.248. The fourth-order valence-electron chi connectivity index (χ4n) is 2.65. The van der Waals surface area contributed by atoms with Gasteiger partial charge in [-0.25, -0.2) is 0 Å². The Balaban J connectivity index is 1.52. The van der Waals surface area contributed by atoms with Gasteiger partial charge in [-0.05, 0) is 43.4 Å². The van der Waals surface area contributed by atoms with Gasteiger partial charge in [0.2, 0.25) is 5.89 Å². The molecule has 2 aromatic rings. The van der Waals surface area contributed by atoms with Crippen molar-refractivity contribution in [3.05, 3.63) is 41.5 Å². The molecule has 21 heavy (non-hydrogen) atoms. The van der Waals surface area contributed by atoms with Gasteiger partial charge in [-0.3, -0.25) is 0 Å². The SMILES string of the molecule is Nc1cccc(CCc2nc(CC3CCCCO3)no2)c1. The number of rotatable bonds is 5. The van der Waals surface area contributed by atoms with E-state index in [9.17, 15) is 0 Å². The van der Waals surface area contributed by atoms with Crippen LogP contribution in [0.25, 0.3) is 0 Å². The number of hydrogen-bond acceptors (Lipinski definition) is 5. The Morgan fingerprint density at radius 3 is 3.00 bits per heavy atom. The molecule has 0 amide bonds. The highest BCUT2D eigenvalue weighted by Crippen LogP contribution is 2.16. The third-order valence-corrected chi connectivity index (χ3v) is 3.77. The number of benzene rings is 1. The van der Waals surface area contributed by atoms with Gasteiger partial charge in [0, 0.05) is 25.1 Å². The lowest BCUT2D eigenvalue weighted by Crippen LogP contribution is -2.21. The monoisotopic (exact) mass is 287 g/mol. The first-order chi connectivity index (χ1) is 10.3. The summed E-state index contributed by atoms with van der Waals surface area (Å²) in [7, 11) is 0. The zero-order chi connectivity index (χ0) is 14.5. The summed E-state index contributed by atoms with van der Waals surface area (Å²) in [6.07, 6.45) is 6.07. The molecule has 0 bridgehead atoms. The maximum Gasteiger partial charge on any atom is 0.226 e. The number of aromatic nitrogens is 2. The van der Waals surface area contributed by atoms with Crippen molar-refractivity contribution in [1.82, 2.24) is 10.1 Å². The summed E-state index contributed by atoms with van der Waals surface area (Å²) in [5.74, 6) is 1.44. The maximum absolute atomic E-state index is 5.77. The second-order valence-corrected chi connectivity index (χ2v) is 5.54. The summed E-state index contributed by atoms with van der Waals surface area (Å²) in [4.78, 5) is 4.45. The number of nitrogens with two attached hydrogens (primary N) is 1. The Labute approximate surface area is 124 Å². The molecule has 1 aromatic carbocycles. The van der Waals surface area contributed by atoms with Gasteiger partial charge in [-0.2, -0.15) is 4.98 Å². The first-order valence-corrected chi connectivity index (χ1v) is 7.57. The van der Waals surface area contributed by atoms with Crippen LogP contribution in [0.3, 0.4) is 0 Å². The number of hydrogen-bond donors (Lipinski definition) is 1. The van der Waals surface area contributed by atoms with Crippen molar-refractivity contribution in [1.29, 1.82) is 0 Å². The number of anilines is 1. The van der Waals surface area contributed by atoms with Gasteiger partial charge in [0.25, 0.3) is 0 Å². The van der Waals surface area contributed by atoms with E-state index in [-0.39, 0.29) is 6.10 Å². The average Bonchev–Trinajstić information content (AvgIpc) is 2.94. The zero-order valence-electron chi connectivity index (χ0n) is 12.1. The van der Waals surface area contributed by atoms with Crippen molar-refractivity contribution < 1.29 is 9.26 Å². The second-order valence-electron chi connectivity index (χ2n) is 5.54. The van der Waals surface area contributed by atoms with Crippen LogP contribution in [0.5, 0.6) is 0 Å². The van der Waals surface area contributed by atoms with E-state index in [2.05, 4.69) is 16.2 Å². The van der Waals surface area contributed by atoms with E-state index in [1.54, 1.807) is 0 Å². The molecule has 1 atom stereocenters. The minimum absolute atomic E-state index is 0.248. The quantitative estimate of drug-likeness (QED) is 0.855. The highest BCUT2D eigenvalue weighted by molar-refractivity contribution is 5.40. The summed E-state index contributed by atoms with van der Waals surface area (Å²) >= 11 is 0. The number of nitrogens with zero attached hydrogens (tertiary/aromatic N) is 2. The van der Waals surface area contributed by atoms with Gasteiger partial charge in [0.15, 0.2) is 5.82 Å². The Morgan fingerprint density at radius 2 is 2.19 bits per heavy atom. The molecule has 0 spiro atoms. The number of nitrogen functional groups attached to an aromatic ring is 1. The zero-order valence-corrected chi connectivity index (χ0v) is 12.1. The normalized spacial score (nSPS) is 18.8. The molecular formula is C16H21N3O2. The van der Waals surface area contributed by atoms with Crippen LogP contribution in [-0.2, 0) is 24.0 Å². The van der Waals surface area contributed by atoms with Gasteiger partial charge in [0.05, 0.1) is 6.10 Å². The summed E-state index contributed by atoms with van der Waals surface area (Å²) in [5, 5.41) is 4.05. The minimum Gasteiger partial charge on any atom is -0.399 e. The topological polar surface area (TPSA) is 74.2 Å². The maximum atomic E-state index is 5.77. The van der Waals surface area contributed by atoms with Crippen molar-refractivity contribution in [3.63, 3.8) is 0 Å². The lowest BCUT2D eigenvalue weighted by atomic mass is 10.1. The predicted molar refractivity (Wildman–Crippen MR) is 79.9 cm³/mol.